The van der Waals surface area contributed by atoms with E-state index in [0.29, 0.717) is 17.2 Å². The van der Waals surface area contributed by atoms with E-state index in [1.807, 2.05) is 19.9 Å². The van der Waals surface area contributed by atoms with E-state index in [1.165, 1.54) is 5.56 Å². The third-order valence-electron chi connectivity index (χ3n) is 3.82. The second kappa shape index (κ2) is 7.38. The normalized spacial score (nSPS) is 10.3. The Morgan fingerprint density at radius 2 is 1.54 bits per heavy atom. The van der Waals surface area contributed by atoms with Gasteiger partial charge in [0.1, 0.15) is 6.07 Å². The number of aryl methyl sites for hydroxylation is 3. The molecule has 2 aromatic carbocycles. The van der Waals surface area contributed by atoms with E-state index in [0.717, 1.165) is 16.8 Å². The van der Waals surface area contributed by atoms with E-state index in [4.69, 9.17) is 11.6 Å². The molecule has 0 unspecified atom stereocenters. The average Bonchev–Trinajstić information content (AvgIpc) is 2.58. The molecule has 0 bridgehead atoms. The van der Waals surface area contributed by atoms with Crippen molar-refractivity contribution in [3.8, 4) is 6.07 Å². The number of hydrogen-bond donors (Lipinski definition) is 2. The van der Waals surface area contributed by atoms with E-state index < -0.39 is 0 Å². The zero-order valence-electron chi connectivity index (χ0n) is 14.6. The van der Waals surface area contributed by atoms with Crippen LogP contribution in [0, 0.1) is 32.1 Å². The molecule has 0 atom stereocenters. The minimum absolute atomic E-state index is 0.0573. The van der Waals surface area contributed by atoms with Gasteiger partial charge in [0.25, 0.3) is 0 Å². The second-order valence-corrected chi connectivity index (χ2v) is 6.27. The van der Waals surface area contributed by atoms with Gasteiger partial charge in [-0.15, -0.1) is 0 Å². The molecule has 2 N–H and O–H groups in total. The number of nitriles is 1. The molecular weight excluding hydrogens is 348 g/mol. The van der Waals surface area contributed by atoms with Crippen molar-refractivity contribution < 1.29 is 0 Å². The first-order valence-corrected chi connectivity index (χ1v) is 8.36. The van der Waals surface area contributed by atoms with Gasteiger partial charge >= 0.3 is 0 Å². The number of nitrogens with one attached hydrogen (secondary N) is 2. The highest BCUT2D eigenvalue weighted by atomic mass is 35.5. The van der Waals surface area contributed by atoms with Crippen molar-refractivity contribution in [3.05, 3.63) is 63.9 Å². The van der Waals surface area contributed by atoms with Crippen LogP contribution in [0.3, 0.4) is 0 Å². The van der Waals surface area contributed by atoms with Gasteiger partial charge in [0.2, 0.25) is 17.2 Å². The SMILES string of the molecule is Cc1cc(C)c(Nc2nc(Cl)nc(Nc3ccccc3C#N)n2)c(C)c1. The van der Waals surface area contributed by atoms with Crippen LogP contribution in [0.1, 0.15) is 22.3 Å². The molecule has 1 aromatic heterocycles. The fourth-order valence-corrected chi connectivity index (χ4v) is 2.92. The summed E-state index contributed by atoms with van der Waals surface area (Å²) < 4.78 is 0. The maximum atomic E-state index is 9.20. The third-order valence-corrected chi connectivity index (χ3v) is 3.98. The first-order valence-electron chi connectivity index (χ1n) is 7.99. The molecule has 0 aliphatic heterocycles. The molecule has 3 aromatic rings. The molecule has 26 heavy (non-hydrogen) atoms. The quantitative estimate of drug-likeness (QED) is 0.690. The number of nitrogens with zero attached hydrogens (tertiary/aromatic N) is 4. The summed E-state index contributed by atoms with van der Waals surface area (Å²) >= 11 is 6.05. The summed E-state index contributed by atoms with van der Waals surface area (Å²) in [7, 11) is 0. The molecule has 0 saturated heterocycles. The lowest BCUT2D eigenvalue weighted by molar-refractivity contribution is 1.06. The Kier molecular flexibility index (Phi) is 5.01. The topological polar surface area (TPSA) is 86.5 Å². The summed E-state index contributed by atoms with van der Waals surface area (Å²) in [5, 5.41) is 15.5. The van der Waals surface area contributed by atoms with Gasteiger partial charge in [-0.3, -0.25) is 0 Å². The van der Waals surface area contributed by atoms with Crippen molar-refractivity contribution >= 4 is 34.9 Å². The Bertz CT molecular complexity index is 986. The van der Waals surface area contributed by atoms with Gasteiger partial charge in [0.05, 0.1) is 11.3 Å². The van der Waals surface area contributed by atoms with E-state index in [2.05, 4.69) is 50.7 Å². The second-order valence-electron chi connectivity index (χ2n) is 5.93. The van der Waals surface area contributed by atoms with Crippen molar-refractivity contribution in [1.82, 2.24) is 15.0 Å². The van der Waals surface area contributed by atoms with Gasteiger partial charge < -0.3 is 10.6 Å². The summed E-state index contributed by atoms with van der Waals surface area (Å²) in [6, 6.07) is 13.4. The van der Waals surface area contributed by atoms with Crippen molar-refractivity contribution in [2.45, 2.75) is 20.8 Å². The van der Waals surface area contributed by atoms with Crippen molar-refractivity contribution in [3.63, 3.8) is 0 Å². The Morgan fingerprint density at radius 3 is 2.19 bits per heavy atom. The third kappa shape index (κ3) is 3.90. The molecule has 0 radical (unpaired) electrons. The lowest BCUT2D eigenvalue weighted by Gasteiger charge is -2.13. The first-order chi connectivity index (χ1) is 12.5. The van der Waals surface area contributed by atoms with E-state index >= 15 is 0 Å². The Hall–Kier alpha value is -3.17. The predicted octanol–water partition coefficient (Wildman–Crippen LogP) is 4.81. The molecule has 0 aliphatic rings. The highest BCUT2D eigenvalue weighted by Gasteiger charge is 2.10. The smallest absolute Gasteiger partial charge is 0.233 e. The Labute approximate surface area is 156 Å². The zero-order chi connectivity index (χ0) is 18.7. The molecule has 0 aliphatic carbocycles. The molecule has 0 saturated carbocycles. The largest absolute Gasteiger partial charge is 0.324 e. The van der Waals surface area contributed by atoms with Crippen LogP contribution in [0.5, 0.6) is 0 Å². The minimum atomic E-state index is 0.0573. The average molecular weight is 365 g/mol. The molecule has 3 rings (SSSR count). The van der Waals surface area contributed by atoms with Crippen LogP contribution in [-0.2, 0) is 0 Å². The van der Waals surface area contributed by atoms with E-state index in [-0.39, 0.29) is 11.2 Å². The van der Waals surface area contributed by atoms with Gasteiger partial charge in [0.15, 0.2) is 0 Å². The summed E-state index contributed by atoms with van der Waals surface area (Å²) in [6.45, 7) is 6.10. The fourth-order valence-electron chi connectivity index (χ4n) is 2.76. The lowest BCUT2D eigenvalue weighted by Crippen LogP contribution is -2.06. The van der Waals surface area contributed by atoms with Crippen LogP contribution in [0.15, 0.2) is 36.4 Å². The highest BCUT2D eigenvalue weighted by Crippen LogP contribution is 2.26. The van der Waals surface area contributed by atoms with Gasteiger partial charge in [-0.2, -0.15) is 20.2 Å². The minimum Gasteiger partial charge on any atom is -0.324 e. The van der Waals surface area contributed by atoms with Crippen LogP contribution < -0.4 is 10.6 Å². The van der Waals surface area contributed by atoms with Crippen LogP contribution in [-0.4, -0.2) is 15.0 Å². The zero-order valence-corrected chi connectivity index (χ0v) is 15.4. The molecular formula is C19H17ClN6. The van der Waals surface area contributed by atoms with Crippen molar-refractivity contribution in [2.75, 3.05) is 10.6 Å². The molecule has 0 amide bonds. The standard InChI is InChI=1S/C19H17ClN6/c1-11-8-12(2)16(13(3)9-11)23-19-25-17(20)24-18(26-19)22-15-7-5-4-6-14(15)10-21/h4-9H,1-3H3,(H2,22,23,24,25,26). The van der Waals surface area contributed by atoms with Crippen molar-refractivity contribution in [1.29, 1.82) is 5.26 Å². The first kappa shape index (κ1) is 17.6. The molecule has 0 spiro atoms. The number of rotatable bonds is 4. The predicted molar refractivity (Wildman–Crippen MR) is 103 cm³/mol. The molecule has 0 fully saturated rings. The molecule has 6 nitrogen and oxygen atoms in total. The number of benzene rings is 2. The number of anilines is 4. The molecule has 1 heterocycles. The summed E-state index contributed by atoms with van der Waals surface area (Å²) in [5.41, 5.74) is 5.39. The summed E-state index contributed by atoms with van der Waals surface area (Å²) in [5.74, 6) is 0.592. The van der Waals surface area contributed by atoms with Crippen LogP contribution in [0.2, 0.25) is 5.28 Å². The lowest BCUT2D eigenvalue weighted by atomic mass is 10.1. The number of halogens is 1. The fraction of sp³-hybridized carbons (Fsp3) is 0.158. The van der Waals surface area contributed by atoms with E-state index in [9.17, 15) is 5.26 Å². The van der Waals surface area contributed by atoms with Gasteiger partial charge in [-0.05, 0) is 55.6 Å². The van der Waals surface area contributed by atoms with Gasteiger partial charge in [0, 0.05) is 5.69 Å². The van der Waals surface area contributed by atoms with Crippen molar-refractivity contribution in [2.24, 2.45) is 0 Å². The van der Waals surface area contributed by atoms with Gasteiger partial charge in [-0.25, -0.2) is 0 Å². The van der Waals surface area contributed by atoms with Crippen LogP contribution >= 0.6 is 11.6 Å². The van der Waals surface area contributed by atoms with E-state index in [1.54, 1.807) is 18.2 Å². The van der Waals surface area contributed by atoms with Crippen LogP contribution in [0.4, 0.5) is 23.3 Å². The summed E-state index contributed by atoms with van der Waals surface area (Å²) in [6.07, 6.45) is 0. The Morgan fingerprint density at radius 1 is 0.923 bits per heavy atom. The maximum absolute atomic E-state index is 9.20. The number of para-hydroxylation sites is 1. The maximum Gasteiger partial charge on any atom is 0.233 e. The summed E-state index contributed by atoms with van der Waals surface area (Å²) in [4.78, 5) is 12.6. The Balaban J connectivity index is 1.93. The number of hydrogen-bond acceptors (Lipinski definition) is 6. The highest BCUT2D eigenvalue weighted by molar-refractivity contribution is 6.28. The van der Waals surface area contributed by atoms with Crippen LogP contribution in [0.25, 0.3) is 0 Å². The van der Waals surface area contributed by atoms with Gasteiger partial charge in [-0.1, -0.05) is 29.8 Å². The molecule has 7 heteroatoms. The number of aromatic nitrogens is 3. The monoisotopic (exact) mass is 364 g/mol. The molecule has 130 valence electrons.